The molecule has 0 spiro atoms. The van der Waals surface area contributed by atoms with Gasteiger partial charge >= 0.3 is 5.97 Å². The van der Waals surface area contributed by atoms with Crippen molar-refractivity contribution < 1.29 is 9.53 Å². The second-order valence-corrected chi connectivity index (χ2v) is 4.08. The maximum Gasteiger partial charge on any atom is 0.327 e. The van der Waals surface area contributed by atoms with Crippen LogP contribution in [0.3, 0.4) is 0 Å². The van der Waals surface area contributed by atoms with Gasteiger partial charge in [-0.05, 0) is 31.5 Å². The minimum Gasteiger partial charge on any atom is -0.465 e. The highest BCUT2D eigenvalue weighted by Gasteiger charge is 2.31. The summed E-state index contributed by atoms with van der Waals surface area (Å²) in [5.74, 6) is -0.142. The molecule has 16 heavy (non-hydrogen) atoms. The molecule has 0 N–H and O–H groups in total. The van der Waals surface area contributed by atoms with Gasteiger partial charge < -0.3 is 4.74 Å². The van der Waals surface area contributed by atoms with Crippen LogP contribution in [0, 0.1) is 0 Å². The summed E-state index contributed by atoms with van der Waals surface area (Å²) in [6.07, 6.45) is 1.00. The minimum atomic E-state index is -0.232. The van der Waals surface area contributed by atoms with E-state index in [1.165, 1.54) is 5.56 Å². The van der Waals surface area contributed by atoms with Gasteiger partial charge in [0.1, 0.15) is 6.04 Å². The van der Waals surface area contributed by atoms with Crippen molar-refractivity contribution in [2.45, 2.75) is 19.4 Å². The van der Waals surface area contributed by atoms with Crippen molar-refractivity contribution in [2.75, 3.05) is 20.2 Å². The lowest BCUT2D eigenvalue weighted by atomic mass is 9.93. The monoisotopic (exact) mass is 219 g/mol. The van der Waals surface area contributed by atoms with E-state index in [4.69, 9.17) is 4.74 Å². The van der Waals surface area contributed by atoms with Gasteiger partial charge in [0.2, 0.25) is 0 Å². The molecule has 1 aliphatic rings. The molecule has 2 rings (SSSR count). The molecule has 1 atom stereocenters. The molecule has 86 valence electrons. The van der Waals surface area contributed by atoms with Gasteiger partial charge in [-0.15, -0.1) is 0 Å². The van der Waals surface area contributed by atoms with Crippen molar-refractivity contribution in [1.29, 1.82) is 0 Å². The van der Waals surface area contributed by atoms with Crippen LogP contribution in [0.15, 0.2) is 24.3 Å². The van der Waals surface area contributed by atoms with E-state index >= 15 is 0 Å². The van der Waals surface area contributed by atoms with E-state index in [9.17, 15) is 4.79 Å². The van der Waals surface area contributed by atoms with Crippen LogP contribution in [0.1, 0.15) is 24.1 Å². The van der Waals surface area contributed by atoms with Crippen molar-refractivity contribution >= 4 is 5.97 Å². The Bertz CT molecular complexity index is 389. The van der Waals surface area contributed by atoms with Gasteiger partial charge in [0, 0.05) is 6.54 Å². The molecule has 0 amide bonds. The number of benzene rings is 1. The fourth-order valence-corrected chi connectivity index (χ4v) is 2.22. The number of esters is 1. The highest BCUT2D eigenvalue weighted by molar-refractivity contribution is 5.78. The van der Waals surface area contributed by atoms with E-state index in [0.717, 1.165) is 18.5 Å². The lowest BCUT2D eigenvalue weighted by molar-refractivity contribution is -0.149. The number of fused-ring (bicyclic) bond motifs is 1. The van der Waals surface area contributed by atoms with Gasteiger partial charge in [0.25, 0.3) is 0 Å². The Hall–Kier alpha value is -1.35. The zero-order valence-corrected chi connectivity index (χ0v) is 9.77. The Morgan fingerprint density at radius 1 is 1.50 bits per heavy atom. The first-order valence-corrected chi connectivity index (χ1v) is 5.68. The number of carbonyl (C=O) groups is 1. The molecule has 1 aromatic carbocycles. The zero-order valence-electron chi connectivity index (χ0n) is 9.77. The van der Waals surface area contributed by atoms with Crippen LogP contribution in [0.5, 0.6) is 0 Å². The Morgan fingerprint density at radius 2 is 2.25 bits per heavy atom. The van der Waals surface area contributed by atoms with E-state index in [1.54, 1.807) is 0 Å². The fraction of sp³-hybridized carbons (Fsp3) is 0.462. The van der Waals surface area contributed by atoms with Crippen LogP contribution in [0.2, 0.25) is 0 Å². The van der Waals surface area contributed by atoms with E-state index < -0.39 is 0 Å². The molecular weight excluding hydrogens is 202 g/mol. The summed E-state index contributed by atoms with van der Waals surface area (Å²) in [6, 6.07) is 7.88. The summed E-state index contributed by atoms with van der Waals surface area (Å²) in [4.78, 5) is 14.0. The number of hydrogen-bond acceptors (Lipinski definition) is 3. The molecule has 1 unspecified atom stereocenters. The minimum absolute atomic E-state index is 0.142. The molecule has 3 nitrogen and oxygen atoms in total. The first-order chi connectivity index (χ1) is 7.74. The molecule has 3 heteroatoms. The van der Waals surface area contributed by atoms with Gasteiger partial charge in [0.15, 0.2) is 0 Å². The molecule has 1 aliphatic heterocycles. The average Bonchev–Trinajstić information content (AvgIpc) is 2.29. The number of nitrogens with zero attached hydrogens (tertiary/aromatic N) is 1. The summed E-state index contributed by atoms with van der Waals surface area (Å²) in [5, 5.41) is 0. The third kappa shape index (κ3) is 1.95. The molecule has 1 aromatic rings. The lowest BCUT2D eigenvalue weighted by Crippen LogP contribution is -2.37. The SMILES string of the molecule is CCOC(=O)C1c2ccccc2CCN1C. The number of carbonyl (C=O) groups excluding carboxylic acids is 1. The normalized spacial score (nSPS) is 20.2. The van der Waals surface area contributed by atoms with Crippen LogP contribution >= 0.6 is 0 Å². The molecule has 0 saturated heterocycles. The van der Waals surface area contributed by atoms with Gasteiger partial charge in [-0.25, -0.2) is 4.79 Å². The average molecular weight is 219 g/mol. The molecule has 0 bridgehead atoms. The van der Waals surface area contributed by atoms with Gasteiger partial charge in [-0.2, -0.15) is 0 Å². The highest BCUT2D eigenvalue weighted by atomic mass is 16.5. The molecule has 0 radical (unpaired) electrons. The molecular formula is C13H17NO2. The number of likely N-dealkylation sites (N-methyl/N-ethyl adjacent to an activating group) is 1. The first kappa shape index (κ1) is 11.1. The quantitative estimate of drug-likeness (QED) is 0.710. The second-order valence-electron chi connectivity index (χ2n) is 4.08. The third-order valence-corrected chi connectivity index (χ3v) is 3.03. The largest absolute Gasteiger partial charge is 0.465 e. The summed E-state index contributed by atoms with van der Waals surface area (Å²) in [5.41, 5.74) is 2.35. The van der Waals surface area contributed by atoms with E-state index in [1.807, 2.05) is 32.2 Å². The smallest absolute Gasteiger partial charge is 0.327 e. The highest BCUT2D eigenvalue weighted by Crippen LogP contribution is 2.29. The molecule has 0 aliphatic carbocycles. The first-order valence-electron chi connectivity index (χ1n) is 5.68. The zero-order chi connectivity index (χ0) is 11.5. The van der Waals surface area contributed by atoms with Crippen molar-refractivity contribution in [3.8, 4) is 0 Å². The summed E-state index contributed by atoms with van der Waals surface area (Å²) >= 11 is 0. The van der Waals surface area contributed by atoms with Crippen LogP contribution in [-0.2, 0) is 16.0 Å². The van der Waals surface area contributed by atoms with E-state index in [2.05, 4.69) is 11.0 Å². The fourth-order valence-electron chi connectivity index (χ4n) is 2.22. The van der Waals surface area contributed by atoms with Crippen LogP contribution in [0.4, 0.5) is 0 Å². The summed E-state index contributed by atoms with van der Waals surface area (Å²) in [6.45, 7) is 3.18. The number of rotatable bonds is 2. The Kier molecular flexibility index (Phi) is 3.25. The standard InChI is InChI=1S/C13H17NO2/c1-3-16-13(15)12-11-7-5-4-6-10(11)8-9-14(12)2/h4-7,12H,3,8-9H2,1-2H3. The Balaban J connectivity index is 2.33. The van der Waals surface area contributed by atoms with Crippen molar-refractivity contribution in [2.24, 2.45) is 0 Å². The predicted octanol–water partition coefficient (Wildman–Crippen LogP) is 1.78. The molecule has 1 heterocycles. The maximum absolute atomic E-state index is 11.9. The van der Waals surface area contributed by atoms with Crippen LogP contribution in [-0.4, -0.2) is 31.1 Å². The topological polar surface area (TPSA) is 29.5 Å². The molecule has 0 fully saturated rings. The van der Waals surface area contributed by atoms with Crippen LogP contribution in [0.25, 0.3) is 0 Å². The molecule has 0 saturated carbocycles. The Labute approximate surface area is 96.0 Å². The van der Waals surface area contributed by atoms with Crippen LogP contribution < -0.4 is 0 Å². The summed E-state index contributed by atoms with van der Waals surface area (Å²) in [7, 11) is 1.97. The number of hydrogen-bond donors (Lipinski definition) is 0. The summed E-state index contributed by atoms with van der Waals surface area (Å²) < 4.78 is 5.13. The molecule has 0 aromatic heterocycles. The lowest BCUT2D eigenvalue weighted by Gasteiger charge is -2.32. The van der Waals surface area contributed by atoms with Crippen molar-refractivity contribution in [1.82, 2.24) is 4.90 Å². The predicted molar refractivity (Wildman–Crippen MR) is 62.2 cm³/mol. The van der Waals surface area contributed by atoms with E-state index in [0.29, 0.717) is 6.61 Å². The Morgan fingerprint density at radius 3 is 3.00 bits per heavy atom. The number of ether oxygens (including phenoxy) is 1. The van der Waals surface area contributed by atoms with Gasteiger partial charge in [-0.1, -0.05) is 24.3 Å². The van der Waals surface area contributed by atoms with Gasteiger partial charge in [0.05, 0.1) is 6.61 Å². The van der Waals surface area contributed by atoms with Crippen molar-refractivity contribution in [3.05, 3.63) is 35.4 Å². The second kappa shape index (κ2) is 4.66. The third-order valence-electron chi connectivity index (χ3n) is 3.03. The van der Waals surface area contributed by atoms with Crippen molar-refractivity contribution in [3.63, 3.8) is 0 Å². The van der Waals surface area contributed by atoms with Gasteiger partial charge in [-0.3, -0.25) is 4.90 Å². The van der Waals surface area contributed by atoms with E-state index in [-0.39, 0.29) is 12.0 Å². The maximum atomic E-state index is 11.9.